The molecule has 3 atom stereocenters. The van der Waals surface area contributed by atoms with Gasteiger partial charge in [-0.2, -0.15) is 0 Å². The minimum atomic E-state index is -2.50. The minimum absolute atomic E-state index is 0.0508. The molecule has 1 fully saturated rings. The molecule has 2 unspecified atom stereocenters. The number of ether oxygens (including phenoxy) is 1. The maximum atomic E-state index is 13.5. The van der Waals surface area contributed by atoms with Gasteiger partial charge in [0.2, 0.25) is 5.78 Å². The summed E-state index contributed by atoms with van der Waals surface area (Å²) in [7, 11) is 5.16. The Balaban J connectivity index is 1.96. The van der Waals surface area contributed by atoms with E-state index < -0.39 is 46.2 Å². The third kappa shape index (κ3) is 2.69. The molecule has 1 aromatic rings. The highest BCUT2D eigenvalue weighted by Crippen LogP contribution is 2.53. The van der Waals surface area contributed by atoms with Crippen LogP contribution in [0.15, 0.2) is 29.0 Å². The summed E-state index contributed by atoms with van der Waals surface area (Å²) < 4.78 is 5.40. The Morgan fingerprint density at radius 3 is 2.48 bits per heavy atom. The Labute approximate surface area is 178 Å². The number of nitrogens with zero attached hydrogens (tertiary/aromatic N) is 1. The van der Waals surface area contributed by atoms with Crippen LogP contribution in [0.2, 0.25) is 0 Å². The second-order valence-corrected chi connectivity index (χ2v) is 8.44. The summed E-state index contributed by atoms with van der Waals surface area (Å²) in [5, 5.41) is 33.0. The molecule has 0 aliphatic heterocycles. The number of Topliss-reactive ketones (excluding diaryl/α,β-unsaturated/α-hetero) is 2. The minimum Gasteiger partial charge on any atom is -0.508 e. The SMILES string of the molecule is COc1ccc(N(C)C)c2c1C(O)=C1C(=O)[C@]3(O)C(O)=C(C(N)=O)C(=O)CC3CC1C2. The molecule has 1 saturated carbocycles. The molecule has 0 bridgehead atoms. The molecule has 1 aromatic carbocycles. The summed E-state index contributed by atoms with van der Waals surface area (Å²) in [5.74, 6) is -5.29. The number of hydrogen-bond donors (Lipinski definition) is 4. The highest BCUT2D eigenvalue weighted by molar-refractivity contribution is 6.22. The summed E-state index contributed by atoms with van der Waals surface area (Å²) in [6.07, 6.45) is 0.229. The van der Waals surface area contributed by atoms with E-state index in [1.54, 1.807) is 6.07 Å². The van der Waals surface area contributed by atoms with E-state index in [9.17, 15) is 29.7 Å². The number of ketones is 2. The van der Waals surface area contributed by atoms with E-state index in [4.69, 9.17) is 10.5 Å². The van der Waals surface area contributed by atoms with Crippen LogP contribution in [0.5, 0.6) is 5.75 Å². The fraction of sp³-hybridized carbons (Fsp3) is 0.409. The Bertz CT molecular complexity index is 1100. The fourth-order valence-electron chi connectivity index (χ4n) is 5.18. The molecule has 0 saturated heterocycles. The van der Waals surface area contributed by atoms with Crippen LogP contribution >= 0.6 is 0 Å². The van der Waals surface area contributed by atoms with Gasteiger partial charge in [-0.15, -0.1) is 0 Å². The predicted octanol–water partition coefficient (Wildman–Crippen LogP) is 0.793. The molecule has 5 N–H and O–H groups in total. The van der Waals surface area contributed by atoms with E-state index in [1.165, 1.54) is 7.11 Å². The van der Waals surface area contributed by atoms with Crippen LogP contribution in [0.4, 0.5) is 5.69 Å². The van der Waals surface area contributed by atoms with Crippen LogP contribution in [-0.2, 0) is 20.8 Å². The predicted molar refractivity (Wildman–Crippen MR) is 111 cm³/mol. The van der Waals surface area contributed by atoms with Crippen molar-refractivity contribution in [1.82, 2.24) is 0 Å². The lowest BCUT2D eigenvalue weighted by atomic mass is 9.59. The van der Waals surface area contributed by atoms with Crippen LogP contribution < -0.4 is 15.4 Å². The molecular weight excluding hydrogens is 404 g/mol. The number of fused-ring (bicyclic) bond motifs is 3. The number of carbonyl (C=O) groups excluding carboxylic acids is 3. The van der Waals surface area contributed by atoms with Crippen LogP contribution in [0.3, 0.4) is 0 Å². The molecule has 0 spiro atoms. The van der Waals surface area contributed by atoms with E-state index in [-0.39, 0.29) is 24.2 Å². The molecule has 3 aliphatic rings. The van der Waals surface area contributed by atoms with Crippen molar-refractivity contribution in [1.29, 1.82) is 0 Å². The summed E-state index contributed by atoms with van der Waals surface area (Å²) in [6.45, 7) is 0. The number of aliphatic hydroxyl groups is 3. The van der Waals surface area contributed by atoms with Gasteiger partial charge in [-0.1, -0.05) is 0 Å². The lowest BCUT2D eigenvalue weighted by Crippen LogP contribution is -2.58. The molecule has 4 rings (SSSR count). The second-order valence-electron chi connectivity index (χ2n) is 8.44. The number of amides is 1. The van der Waals surface area contributed by atoms with Gasteiger partial charge in [0.15, 0.2) is 11.4 Å². The van der Waals surface area contributed by atoms with Crippen molar-refractivity contribution >= 4 is 28.9 Å². The van der Waals surface area contributed by atoms with Crippen molar-refractivity contribution in [2.45, 2.75) is 24.9 Å². The van der Waals surface area contributed by atoms with E-state index in [0.29, 0.717) is 17.7 Å². The number of anilines is 1. The number of aliphatic hydroxyl groups excluding tert-OH is 2. The van der Waals surface area contributed by atoms with Gasteiger partial charge in [0.05, 0.1) is 12.7 Å². The zero-order valence-electron chi connectivity index (χ0n) is 17.4. The van der Waals surface area contributed by atoms with Crippen molar-refractivity contribution in [3.05, 3.63) is 40.2 Å². The topological polar surface area (TPSA) is 150 Å². The first-order valence-corrected chi connectivity index (χ1v) is 9.88. The van der Waals surface area contributed by atoms with Crippen molar-refractivity contribution in [2.75, 3.05) is 26.1 Å². The van der Waals surface area contributed by atoms with Crippen molar-refractivity contribution in [3.8, 4) is 5.75 Å². The van der Waals surface area contributed by atoms with Gasteiger partial charge in [-0.05, 0) is 36.5 Å². The molecule has 0 aromatic heterocycles. The van der Waals surface area contributed by atoms with Gasteiger partial charge in [0, 0.05) is 37.7 Å². The van der Waals surface area contributed by atoms with Gasteiger partial charge in [-0.3, -0.25) is 14.4 Å². The third-order valence-corrected chi connectivity index (χ3v) is 6.61. The van der Waals surface area contributed by atoms with Crippen LogP contribution in [0.1, 0.15) is 24.0 Å². The zero-order valence-corrected chi connectivity index (χ0v) is 17.4. The number of methoxy groups -OCH3 is 1. The Kier molecular flexibility index (Phi) is 4.62. The number of rotatable bonds is 3. The number of benzene rings is 1. The van der Waals surface area contributed by atoms with Crippen LogP contribution in [-0.4, -0.2) is 59.6 Å². The Hall–Kier alpha value is -3.33. The number of nitrogens with two attached hydrogens (primary N) is 1. The van der Waals surface area contributed by atoms with Crippen molar-refractivity contribution in [3.63, 3.8) is 0 Å². The normalized spacial score (nSPS) is 27.5. The summed E-state index contributed by atoms with van der Waals surface area (Å²) in [4.78, 5) is 39.4. The molecule has 164 valence electrons. The smallest absolute Gasteiger partial charge is 0.255 e. The first-order valence-electron chi connectivity index (χ1n) is 9.88. The average Bonchev–Trinajstić information content (AvgIpc) is 2.69. The van der Waals surface area contributed by atoms with Crippen molar-refractivity contribution < 1.29 is 34.4 Å². The van der Waals surface area contributed by atoms with E-state index in [0.717, 1.165) is 11.3 Å². The molecule has 9 heteroatoms. The molecule has 0 radical (unpaired) electrons. The standard InChI is InChI=1S/C22H24N2O7/c1-24(2)12-4-5-14(31-3)16-11(12)7-9-6-10-8-13(25)17(21(23)29)20(28)22(10,30)19(27)15(9)18(16)26/h4-5,9-10,26,28,30H,6-8H2,1-3H3,(H2,23,29)/t9?,10?,22-/m0/s1. The lowest BCUT2D eigenvalue weighted by Gasteiger charge is -2.46. The third-order valence-electron chi connectivity index (χ3n) is 6.61. The largest absolute Gasteiger partial charge is 0.508 e. The van der Waals surface area contributed by atoms with Gasteiger partial charge in [-0.25, -0.2) is 0 Å². The van der Waals surface area contributed by atoms with E-state index in [1.807, 2.05) is 25.1 Å². The van der Waals surface area contributed by atoms with Gasteiger partial charge in [0.1, 0.15) is 22.8 Å². The summed E-state index contributed by atoms with van der Waals surface area (Å²) in [6, 6.07) is 3.53. The molecular formula is C22H24N2O7. The molecule has 3 aliphatic carbocycles. The fourth-order valence-corrected chi connectivity index (χ4v) is 5.18. The molecule has 0 heterocycles. The Morgan fingerprint density at radius 2 is 1.90 bits per heavy atom. The van der Waals surface area contributed by atoms with Gasteiger partial charge in [0.25, 0.3) is 5.91 Å². The first kappa shape index (κ1) is 20.9. The summed E-state index contributed by atoms with van der Waals surface area (Å²) >= 11 is 0. The molecule has 1 amide bonds. The second kappa shape index (κ2) is 6.84. The molecule has 9 nitrogen and oxygen atoms in total. The molecule has 31 heavy (non-hydrogen) atoms. The number of primary amides is 1. The number of carbonyl (C=O) groups is 3. The average molecular weight is 428 g/mol. The zero-order chi connectivity index (χ0) is 22.8. The first-order chi connectivity index (χ1) is 14.5. The van der Waals surface area contributed by atoms with E-state index >= 15 is 0 Å². The number of hydrogen-bond acceptors (Lipinski definition) is 8. The lowest BCUT2D eigenvalue weighted by molar-refractivity contribution is -0.147. The maximum Gasteiger partial charge on any atom is 0.255 e. The Morgan fingerprint density at radius 1 is 1.23 bits per heavy atom. The summed E-state index contributed by atoms with van der Waals surface area (Å²) in [5.41, 5.74) is 3.85. The highest BCUT2D eigenvalue weighted by atomic mass is 16.5. The van der Waals surface area contributed by atoms with Crippen molar-refractivity contribution in [2.24, 2.45) is 17.6 Å². The van der Waals surface area contributed by atoms with Gasteiger partial charge < -0.3 is 30.7 Å². The maximum absolute atomic E-state index is 13.5. The van der Waals surface area contributed by atoms with Gasteiger partial charge >= 0.3 is 0 Å². The monoisotopic (exact) mass is 428 g/mol. The highest BCUT2D eigenvalue weighted by Gasteiger charge is 2.60. The van der Waals surface area contributed by atoms with Crippen LogP contribution in [0.25, 0.3) is 5.76 Å². The quantitative estimate of drug-likeness (QED) is 0.516. The van der Waals surface area contributed by atoms with Crippen LogP contribution in [0, 0.1) is 11.8 Å². The van der Waals surface area contributed by atoms with E-state index in [2.05, 4.69) is 0 Å².